The third-order valence-corrected chi connectivity index (χ3v) is 4.37. The van der Waals surface area contributed by atoms with Crippen molar-refractivity contribution in [3.8, 4) is 11.4 Å². The van der Waals surface area contributed by atoms with Crippen molar-refractivity contribution < 1.29 is 13.3 Å². The molecule has 120 valence electrons. The SMILES string of the molecule is CC(SCc1nccn1C(F)F)c1nc(-c2ccccc2)no1. The summed E-state index contributed by atoms with van der Waals surface area (Å²) in [6.07, 6.45) is 2.64. The van der Waals surface area contributed by atoms with E-state index in [1.807, 2.05) is 37.3 Å². The van der Waals surface area contributed by atoms with Crippen LogP contribution in [0.25, 0.3) is 11.4 Å². The number of aromatic nitrogens is 4. The maximum Gasteiger partial charge on any atom is 0.319 e. The molecule has 1 aromatic carbocycles. The highest BCUT2D eigenvalue weighted by atomic mass is 32.2. The highest BCUT2D eigenvalue weighted by molar-refractivity contribution is 7.98. The number of imidazole rings is 1. The van der Waals surface area contributed by atoms with E-state index in [2.05, 4.69) is 15.1 Å². The summed E-state index contributed by atoms with van der Waals surface area (Å²) < 4.78 is 31.7. The maximum absolute atomic E-state index is 12.8. The molecule has 0 aliphatic carbocycles. The van der Waals surface area contributed by atoms with Crippen LogP contribution in [0.15, 0.2) is 47.2 Å². The van der Waals surface area contributed by atoms with E-state index in [-0.39, 0.29) is 5.25 Å². The Morgan fingerprint density at radius 3 is 2.78 bits per heavy atom. The summed E-state index contributed by atoms with van der Waals surface area (Å²) in [5.41, 5.74) is 0.868. The van der Waals surface area contributed by atoms with Gasteiger partial charge >= 0.3 is 6.55 Å². The average molecular weight is 336 g/mol. The molecule has 5 nitrogen and oxygen atoms in total. The summed E-state index contributed by atoms with van der Waals surface area (Å²) in [4.78, 5) is 8.32. The summed E-state index contributed by atoms with van der Waals surface area (Å²) in [6.45, 7) is -0.695. The second kappa shape index (κ2) is 6.91. The molecule has 0 amide bonds. The van der Waals surface area contributed by atoms with Crippen molar-refractivity contribution in [2.45, 2.75) is 24.5 Å². The third-order valence-electron chi connectivity index (χ3n) is 3.24. The van der Waals surface area contributed by atoms with Crippen molar-refractivity contribution in [2.24, 2.45) is 0 Å². The molecule has 0 fully saturated rings. The third kappa shape index (κ3) is 3.58. The van der Waals surface area contributed by atoms with E-state index in [4.69, 9.17) is 4.52 Å². The zero-order valence-corrected chi connectivity index (χ0v) is 13.1. The van der Waals surface area contributed by atoms with Gasteiger partial charge in [-0.25, -0.2) is 4.98 Å². The van der Waals surface area contributed by atoms with Crippen LogP contribution in [0.4, 0.5) is 8.78 Å². The Bertz CT molecular complexity index is 760. The van der Waals surface area contributed by atoms with Crippen LogP contribution in [0.2, 0.25) is 0 Å². The molecule has 1 unspecified atom stereocenters. The molecule has 2 heterocycles. The molecule has 0 aliphatic heterocycles. The van der Waals surface area contributed by atoms with Crippen LogP contribution in [0.1, 0.15) is 30.4 Å². The van der Waals surface area contributed by atoms with Gasteiger partial charge in [-0.15, -0.1) is 11.8 Å². The second-order valence-corrected chi connectivity index (χ2v) is 6.13. The van der Waals surface area contributed by atoms with Gasteiger partial charge in [0.15, 0.2) is 0 Å². The summed E-state index contributed by atoms with van der Waals surface area (Å²) in [5.74, 6) is 1.63. The van der Waals surface area contributed by atoms with Crippen LogP contribution in [0.5, 0.6) is 0 Å². The number of halogens is 2. The van der Waals surface area contributed by atoms with Gasteiger partial charge in [0, 0.05) is 18.0 Å². The lowest BCUT2D eigenvalue weighted by molar-refractivity contribution is 0.0678. The molecular weight excluding hydrogens is 322 g/mol. The van der Waals surface area contributed by atoms with Crippen molar-refractivity contribution >= 4 is 11.8 Å². The first kappa shape index (κ1) is 15.7. The van der Waals surface area contributed by atoms with Gasteiger partial charge in [0.2, 0.25) is 11.7 Å². The summed E-state index contributed by atoms with van der Waals surface area (Å²) in [6, 6.07) is 9.49. The van der Waals surface area contributed by atoms with Gasteiger partial charge in [0.1, 0.15) is 5.82 Å². The molecule has 0 saturated carbocycles. The number of hydrogen-bond acceptors (Lipinski definition) is 5. The summed E-state index contributed by atoms with van der Waals surface area (Å²) >= 11 is 1.41. The normalized spacial score (nSPS) is 12.7. The molecule has 0 saturated heterocycles. The van der Waals surface area contributed by atoms with Crippen molar-refractivity contribution in [3.05, 3.63) is 54.4 Å². The Balaban J connectivity index is 1.66. The fraction of sp³-hybridized carbons (Fsp3) is 0.267. The minimum atomic E-state index is -2.59. The van der Waals surface area contributed by atoms with Gasteiger partial charge in [-0.05, 0) is 6.92 Å². The highest BCUT2D eigenvalue weighted by Gasteiger charge is 2.18. The number of benzene rings is 1. The number of hydrogen-bond donors (Lipinski definition) is 0. The van der Waals surface area contributed by atoms with Crippen molar-refractivity contribution in [1.82, 2.24) is 19.7 Å². The molecule has 0 spiro atoms. The molecule has 8 heteroatoms. The van der Waals surface area contributed by atoms with Gasteiger partial charge in [-0.3, -0.25) is 4.57 Å². The van der Waals surface area contributed by atoms with E-state index in [1.165, 1.54) is 24.2 Å². The van der Waals surface area contributed by atoms with Gasteiger partial charge in [-0.1, -0.05) is 35.5 Å². The van der Waals surface area contributed by atoms with Crippen molar-refractivity contribution in [3.63, 3.8) is 0 Å². The molecular formula is C15H14F2N4OS. The number of thioether (sulfide) groups is 1. The number of rotatable bonds is 6. The molecule has 3 rings (SSSR count). The maximum atomic E-state index is 12.8. The van der Waals surface area contributed by atoms with Gasteiger partial charge in [-0.2, -0.15) is 13.8 Å². The Labute approximate surface area is 135 Å². The van der Waals surface area contributed by atoms with Gasteiger partial charge in [0.05, 0.1) is 11.0 Å². The monoisotopic (exact) mass is 336 g/mol. The Kier molecular flexibility index (Phi) is 4.71. The zero-order chi connectivity index (χ0) is 16.2. The molecule has 3 aromatic rings. The lowest BCUT2D eigenvalue weighted by atomic mass is 10.2. The van der Waals surface area contributed by atoms with E-state index >= 15 is 0 Å². The lowest BCUT2D eigenvalue weighted by Gasteiger charge is -2.08. The van der Waals surface area contributed by atoms with E-state index in [0.717, 1.165) is 10.1 Å². The van der Waals surface area contributed by atoms with E-state index in [0.29, 0.717) is 23.3 Å². The fourth-order valence-electron chi connectivity index (χ4n) is 2.01. The van der Waals surface area contributed by atoms with E-state index in [9.17, 15) is 8.78 Å². The van der Waals surface area contributed by atoms with Crippen LogP contribution in [0.3, 0.4) is 0 Å². The van der Waals surface area contributed by atoms with E-state index < -0.39 is 6.55 Å². The highest BCUT2D eigenvalue weighted by Crippen LogP contribution is 2.31. The molecule has 1 atom stereocenters. The summed E-state index contributed by atoms with van der Waals surface area (Å²) in [7, 11) is 0. The minimum absolute atomic E-state index is 0.122. The number of alkyl halides is 2. The first-order chi connectivity index (χ1) is 11.1. The predicted molar refractivity (Wildman–Crippen MR) is 82.9 cm³/mol. The Morgan fingerprint density at radius 2 is 2.04 bits per heavy atom. The molecule has 0 radical (unpaired) electrons. The first-order valence-corrected chi connectivity index (χ1v) is 8.00. The van der Waals surface area contributed by atoms with Crippen LogP contribution in [0, 0.1) is 0 Å². The van der Waals surface area contributed by atoms with Crippen LogP contribution < -0.4 is 0 Å². The fourth-order valence-corrected chi connectivity index (χ4v) is 2.87. The standard InChI is InChI=1S/C15H14F2N4OS/c1-10(23-9-12-18-7-8-21(12)15(16)17)14-19-13(20-22-14)11-5-3-2-4-6-11/h2-8,10,15H,9H2,1H3. The van der Waals surface area contributed by atoms with Crippen LogP contribution in [-0.2, 0) is 5.75 Å². The van der Waals surface area contributed by atoms with Crippen LogP contribution >= 0.6 is 11.8 Å². The van der Waals surface area contributed by atoms with Crippen molar-refractivity contribution in [1.29, 1.82) is 0 Å². The number of nitrogens with zero attached hydrogens (tertiary/aromatic N) is 4. The van der Waals surface area contributed by atoms with E-state index in [1.54, 1.807) is 0 Å². The van der Waals surface area contributed by atoms with Gasteiger partial charge in [0.25, 0.3) is 0 Å². The van der Waals surface area contributed by atoms with Gasteiger partial charge < -0.3 is 4.52 Å². The quantitative estimate of drug-likeness (QED) is 0.671. The second-order valence-electron chi connectivity index (χ2n) is 4.80. The largest absolute Gasteiger partial charge is 0.338 e. The first-order valence-electron chi connectivity index (χ1n) is 6.95. The molecule has 2 aromatic heterocycles. The molecule has 0 N–H and O–H groups in total. The lowest BCUT2D eigenvalue weighted by Crippen LogP contribution is -2.03. The average Bonchev–Trinajstić information content (AvgIpc) is 3.22. The topological polar surface area (TPSA) is 56.7 Å². The Hall–Kier alpha value is -2.22. The zero-order valence-electron chi connectivity index (χ0n) is 12.3. The minimum Gasteiger partial charge on any atom is -0.338 e. The molecule has 23 heavy (non-hydrogen) atoms. The van der Waals surface area contributed by atoms with Crippen molar-refractivity contribution in [2.75, 3.05) is 0 Å². The smallest absolute Gasteiger partial charge is 0.319 e. The van der Waals surface area contributed by atoms with Crippen LogP contribution in [-0.4, -0.2) is 19.7 Å². The summed E-state index contributed by atoms with van der Waals surface area (Å²) in [5, 5.41) is 3.84. The Morgan fingerprint density at radius 1 is 1.26 bits per heavy atom. The molecule has 0 bridgehead atoms. The molecule has 0 aliphatic rings. The predicted octanol–water partition coefficient (Wildman–Crippen LogP) is 4.32.